The fraction of sp³-hybridized carbons (Fsp3) is 0. The van der Waals surface area contributed by atoms with E-state index in [0.717, 1.165) is 0 Å². The maximum Gasteiger partial charge on any atom is 0.337 e. The van der Waals surface area contributed by atoms with Gasteiger partial charge in [-0.3, -0.25) is 4.57 Å². The summed E-state index contributed by atoms with van der Waals surface area (Å²) < 4.78 is 15.4. The molecule has 0 saturated carbocycles. The lowest BCUT2D eigenvalue weighted by molar-refractivity contribution is 0.0698. The molecule has 1 heterocycles. The fourth-order valence-electron chi connectivity index (χ4n) is 2.13. The summed E-state index contributed by atoms with van der Waals surface area (Å²) in [4.78, 5) is 15.4. The highest BCUT2D eigenvalue weighted by Crippen LogP contribution is 2.28. The van der Waals surface area contributed by atoms with E-state index >= 15 is 0 Å². The van der Waals surface area contributed by atoms with Gasteiger partial charge in [0.15, 0.2) is 0 Å². The van der Waals surface area contributed by atoms with Crippen molar-refractivity contribution in [3.05, 3.63) is 59.1 Å². The highest BCUT2D eigenvalue weighted by molar-refractivity contribution is 6.32. The minimum Gasteiger partial charge on any atom is -0.478 e. The number of fused-ring (bicyclic) bond motifs is 1. The zero-order valence-corrected chi connectivity index (χ0v) is 10.8. The second-order valence-electron chi connectivity index (χ2n) is 4.16. The molecule has 0 spiro atoms. The molecule has 6 heteroatoms. The van der Waals surface area contributed by atoms with Crippen molar-refractivity contribution in [3.8, 4) is 5.69 Å². The number of carboxylic acids is 1. The Morgan fingerprint density at radius 2 is 2.00 bits per heavy atom. The third-order valence-corrected chi connectivity index (χ3v) is 3.28. The zero-order chi connectivity index (χ0) is 14.3. The molecule has 3 rings (SSSR count). The lowest BCUT2D eigenvalue weighted by Gasteiger charge is -2.09. The van der Waals surface area contributed by atoms with Crippen LogP contribution in [0.5, 0.6) is 0 Å². The van der Waals surface area contributed by atoms with Gasteiger partial charge in [0, 0.05) is 0 Å². The molecular formula is C14H8ClFN2O2. The predicted octanol–water partition coefficient (Wildman–Crippen LogP) is 3.52. The third kappa shape index (κ3) is 1.83. The van der Waals surface area contributed by atoms with Gasteiger partial charge in [-0.05, 0) is 24.3 Å². The molecule has 0 unspecified atom stereocenters. The van der Waals surface area contributed by atoms with E-state index in [0.29, 0.717) is 11.0 Å². The number of nitrogens with zero attached hydrogens (tertiary/aromatic N) is 2. The summed E-state index contributed by atoms with van der Waals surface area (Å²) in [6.07, 6.45) is 1.36. The average molecular weight is 291 g/mol. The van der Waals surface area contributed by atoms with E-state index in [9.17, 15) is 14.3 Å². The van der Waals surface area contributed by atoms with Gasteiger partial charge in [0.25, 0.3) is 0 Å². The first-order valence-corrected chi connectivity index (χ1v) is 6.11. The van der Waals surface area contributed by atoms with Crippen molar-refractivity contribution in [3.63, 3.8) is 0 Å². The second-order valence-corrected chi connectivity index (χ2v) is 4.57. The quantitative estimate of drug-likeness (QED) is 0.785. The van der Waals surface area contributed by atoms with Crippen LogP contribution in [0.4, 0.5) is 4.39 Å². The highest BCUT2D eigenvalue weighted by Gasteiger charge is 2.17. The van der Waals surface area contributed by atoms with Crippen LogP contribution in [0.15, 0.2) is 42.7 Å². The predicted molar refractivity (Wildman–Crippen MR) is 73.0 cm³/mol. The normalized spacial score (nSPS) is 10.9. The van der Waals surface area contributed by atoms with Gasteiger partial charge < -0.3 is 5.11 Å². The molecular weight excluding hydrogens is 283 g/mol. The molecule has 0 fully saturated rings. The lowest BCUT2D eigenvalue weighted by Crippen LogP contribution is -2.03. The molecule has 0 amide bonds. The van der Waals surface area contributed by atoms with Gasteiger partial charge in [-0.15, -0.1) is 0 Å². The average Bonchev–Trinajstić information content (AvgIpc) is 2.82. The number of carbonyl (C=O) groups is 1. The molecule has 1 N–H and O–H groups in total. The molecule has 100 valence electrons. The van der Waals surface area contributed by atoms with Crippen molar-refractivity contribution < 1.29 is 14.3 Å². The van der Waals surface area contributed by atoms with Crippen molar-refractivity contribution in [2.24, 2.45) is 0 Å². The number of benzene rings is 2. The Balaban J connectivity index is 2.41. The molecule has 0 aliphatic rings. The van der Waals surface area contributed by atoms with Crippen LogP contribution in [0.25, 0.3) is 16.7 Å². The van der Waals surface area contributed by atoms with E-state index in [1.54, 1.807) is 12.1 Å². The van der Waals surface area contributed by atoms with Gasteiger partial charge in [-0.1, -0.05) is 23.7 Å². The summed E-state index contributed by atoms with van der Waals surface area (Å²) >= 11 is 6.02. The third-order valence-electron chi connectivity index (χ3n) is 2.98. The minimum absolute atomic E-state index is 0.0410. The number of hydrogen-bond donors (Lipinski definition) is 1. The minimum atomic E-state index is -1.11. The number of para-hydroxylation sites is 2. The van der Waals surface area contributed by atoms with Crippen LogP contribution in [0, 0.1) is 5.82 Å². The van der Waals surface area contributed by atoms with Crippen molar-refractivity contribution in [1.29, 1.82) is 0 Å². The molecule has 0 saturated heterocycles. The summed E-state index contributed by atoms with van der Waals surface area (Å²) in [5, 5.41) is 9.43. The zero-order valence-electron chi connectivity index (χ0n) is 10.0. The molecule has 1 aromatic heterocycles. The molecule has 20 heavy (non-hydrogen) atoms. The summed E-state index contributed by atoms with van der Waals surface area (Å²) in [5.41, 5.74) is 0.904. The first-order chi connectivity index (χ1) is 9.59. The van der Waals surface area contributed by atoms with Gasteiger partial charge in [0.2, 0.25) is 0 Å². The highest BCUT2D eigenvalue weighted by atomic mass is 35.5. The topological polar surface area (TPSA) is 55.1 Å². The maximum absolute atomic E-state index is 14.0. The van der Waals surface area contributed by atoms with E-state index in [1.165, 1.54) is 35.2 Å². The molecule has 0 radical (unpaired) electrons. The molecule has 0 atom stereocenters. The van der Waals surface area contributed by atoms with E-state index in [1.807, 2.05) is 0 Å². The van der Waals surface area contributed by atoms with E-state index in [-0.39, 0.29) is 16.3 Å². The Hall–Kier alpha value is -2.40. The Morgan fingerprint density at radius 1 is 1.25 bits per heavy atom. The van der Waals surface area contributed by atoms with E-state index in [2.05, 4.69) is 4.98 Å². The van der Waals surface area contributed by atoms with Gasteiger partial charge in [0.05, 0.1) is 21.6 Å². The molecule has 2 aromatic carbocycles. The standard InChI is InChI=1S/C14H8ClFN2O2/c15-9-4-2-5-10(16)13(9)18-7-17-11-6-1-3-8(12(11)18)14(19)20/h1-7H,(H,19,20). The van der Waals surface area contributed by atoms with Crippen LogP contribution in [-0.2, 0) is 0 Å². The second kappa shape index (κ2) is 4.61. The number of aromatic carboxylic acids is 1. The van der Waals surface area contributed by atoms with Crippen LogP contribution in [-0.4, -0.2) is 20.6 Å². The van der Waals surface area contributed by atoms with Crippen molar-refractivity contribution >= 4 is 28.6 Å². The molecule has 3 aromatic rings. The van der Waals surface area contributed by atoms with Crippen molar-refractivity contribution in [2.45, 2.75) is 0 Å². The van der Waals surface area contributed by atoms with Crippen LogP contribution >= 0.6 is 11.6 Å². The Bertz CT molecular complexity index is 809. The van der Waals surface area contributed by atoms with Crippen LogP contribution < -0.4 is 0 Å². The van der Waals surface area contributed by atoms with Gasteiger partial charge in [-0.2, -0.15) is 0 Å². The number of halogens is 2. The van der Waals surface area contributed by atoms with Gasteiger partial charge in [-0.25, -0.2) is 14.2 Å². The Kier molecular flexibility index (Phi) is 2.91. The largest absolute Gasteiger partial charge is 0.478 e. The molecule has 0 bridgehead atoms. The summed E-state index contributed by atoms with van der Waals surface area (Å²) in [6, 6.07) is 8.97. The smallest absolute Gasteiger partial charge is 0.337 e. The first kappa shape index (κ1) is 12.6. The SMILES string of the molecule is O=C(O)c1cccc2ncn(-c3c(F)cccc3Cl)c12. The van der Waals surface area contributed by atoms with Crippen LogP contribution in [0.3, 0.4) is 0 Å². The van der Waals surface area contributed by atoms with Gasteiger partial charge in [0.1, 0.15) is 17.8 Å². The number of imidazole rings is 1. The summed E-state index contributed by atoms with van der Waals surface area (Å²) in [6.45, 7) is 0. The first-order valence-electron chi connectivity index (χ1n) is 5.73. The molecule has 0 aliphatic carbocycles. The van der Waals surface area contributed by atoms with Crippen molar-refractivity contribution in [1.82, 2.24) is 9.55 Å². The number of hydrogen-bond acceptors (Lipinski definition) is 2. The molecule has 0 aliphatic heterocycles. The van der Waals surface area contributed by atoms with E-state index < -0.39 is 11.8 Å². The fourth-order valence-corrected chi connectivity index (χ4v) is 2.38. The summed E-state index contributed by atoms with van der Waals surface area (Å²) in [7, 11) is 0. The number of carboxylic acid groups (broad SMARTS) is 1. The number of rotatable bonds is 2. The Morgan fingerprint density at radius 3 is 2.70 bits per heavy atom. The van der Waals surface area contributed by atoms with Crippen molar-refractivity contribution in [2.75, 3.05) is 0 Å². The maximum atomic E-state index is 14.0. The summed E-state index contributed by atoms with van der Waals surface area (Å²) in [5.74, 6) is -1.65. The lowest BCUT2D eigenvalue weighted by atomic mass is 10.1. The molecule has 4 nitrogen and oxygen atoms in total. The monoisotopic (exact) mass is 290 g/mol. The van der Waals surface area contributed by atoms with Gasteiger partial charge >= 0.3 is 5.97 Å². The van der Waals surface area contributed by atoms with Crippen LogP contribution in [0.2, 0.25) is 5.02 Å². The van der Waals surface area contributed by atoms with Crippen LogP contribution in [0.1, 0.15) is 10.4 Å². The Labute approximate surface area is 118 Å². The van der Waals surface area contributed by atoms with E-state index in [4.69, 9.17) is 11.6 Å². The number of aromatic nitrogens is 2.